The minimum atomic E-state index is -4.40. The Bertz CT molecular complexity index is 1320. The van der Waals surface area contributed by atoms with E-state index in [1.54, 1.807) is 7.05 Å². The van der Waals surface area contributed by atoms with Gasteiger partial charge in [0.25, 0.3) is 0 Å². The summed E-state index contributed by atoms with van der Waals surface area (Å²) in [5.41, 5.74) is 5.06. The van der Waals surface area contributed by atoms with Crippen LogP contribution in [0.1, 0.15) is 63.5 Å². The van der Waals surface area contributed by atoms with E-state index < -0.39 is 17.7 Å². The van der Waals surface area contributed by atoms with Crippen molar-refractivity contribution in [2.75, 3.05) is 29.6 Å². The van der Waals surface area contributed by atoms with Crippen molar-refractivity contribution in [3.63, 3.8) is 0 Å². The van der Waals surface area contributed by atoms with E-state index in [4.69, 9.17) is 0 Å². The van der Waals surface area contributed by atoms with Crippen molar-refractivity contribution in [1.29, 1.82) is 0 Å². The van der Waals surface area contributed by atoms with Crippen molar-refractivity contribution in [1.82, 2.24) is 9.71 Å². The molecule has 0 spiro atoms. The van der Waals surface area contributed by atoms with Gasteiger partial charge in [-0.15, -0.1) is 0 Å². The topological polar surface area (TPSA) is 107 Å². The van der Waals surface area contributed by atoms with Crippen LogP contribution in [-0.4, -0.2) is 42.7 Å². The molecular formula is C32H42F3N5O3S. The highest BCUT2D eigenvalue weighted by atomic mass is 32.1. The number of nitrogens with zero attached hydrogens (tertiary/aromatic N) is 2. The SMILES string of the molecule is CC.CC1Nc2cc(-c3ccc([C@@H]4CCCCC4C(=O)O)cc3)ccc2N1C.CNS.O=CNc1ccc(C(F)(F)F)cn1. The molecule has 5 rings (SSSR count). The maximum atomic E-state index is 12.0. The van der Waals surface area contributed by atoms with Gasteiger partial charge in [0.2, 0.25) is 6.41 Å². The summed E-state index contributed by atoms with van der Waals surface area (Å²) < 4.78 is 38.4. The lowest BCUT2D eigenvalue weighted by Crippen LogP contribution is -2.28. The maximum absolute atomic E-state index is 12.0. The highest BCUT2D eigenvalue weighted by Gasteiger charge is 2.32. The number of thiol groups is 1. The van der Waals surface area contributed by atoms with Gasteiger partial charge in [-0.3, -0.25) is 14.3 Å². The van der Waals surface area contributed by atoms with Gasteiger partial charge in [-0.2, -0.15) is 13.2 Å². The van der Waals surface area contributed by atoms with Crippen molar-refractivity contribution in [2.24, 2.45) is 5.92 Å². The van der Waals surface area contributed by atoms with Crippen LogP contribution < -0.4 is 20.3 Å². The number of rotatable bonds is 5. The normalized spacial score (nSPS) is 18.5. The third-order valence-corrected chi connectivity index (χ3v) is 7.37. The number of hydrogen-bond acceptors (Lipinski definition) is 7. The van der Waals surface area contributed by atoms with Gasteiger partial charge in [-0.25, -0.2) is 4.98 Å². The average Bonchev–Trinajstić information content (AvgIpc) is 3.31. The van der Waals surface area contributed by atoms with Crippen LogP contribution in [0, 0.1) is 5.92 Å². The van der Waals surface area contributed by atoms with E-state index in [0.717, 1.165) is 43.4 Å². The highest BCUT2D eigenvalue weighted by molar-refractivity contribution is 7.78. The number of fused-ring (bicyclic) bond motifs is 1. The van der Waals surface area contributed by atoms with Crippen molar-refractivity contribution in [3.05, 3.63) is 71.9 Å². The predicted octanol–water partition coefficient (Wildman–Crippen LogP) is 7.67. The molecule has 3 atom stereocenters. The Morgan fingerprint density at radius 2 is 1.68 bits per heavy atom. The number of amides is 1. The molecule has 1 amide bonds. The number of carbonyl (C=O) groups excluding carboxylic acids is 1. The summed E-state index contributed by atoms with van der Waals surface area (Å²) in [6, 6.07) is 17.0. The molecule has 0 radical (unpaired) electrons. The summed E-state index contributed by atoms with van der Waals surface area (Å²) in [4.78, 5) is 27.1. The number of nitrogens with one attached hydrogen (secondary N) is 3. The average molecular weight is 634 g/mol. The Balaban J connectivity index is 0.000000315. The Kier molecular flexibility index (Phi) is 14.5. The molecule has 1 aromatic heterocycles. The third kappa shape index (κ3) is 9.88. The summed E-state index contributed by atoms with van der Waals surface area (Å²) in [7, 11) is 3.84. The predicted molar refractivity (Wildman–Crippen MR) is 174 cm³/mol. The zero-order valence-corrected chi connectivity index (χ0v) is 26.5. The number of alkyl halides is 3. The van der Waals surface area contributed by atoms with E-state index in [-0.39, 0.29) is 17.7 Å². The first kappa shape index (κ1) is 36.4. The third-order valence-electron chi connectivity index (χ3n) is 7.37. The van der Waals surface area contributed by atoms with E-state index in [0.29, 0.717) is 18.8 Å². The number of benzene rings is 2. The fourth-order valence-corrected chi connectivity index (χ4v) is 5.12. The second-order valence-corrected chi connectivity index (χ2v) is 10.5. The van der Waals surface area contributed by atoms with Gasteiger partial charge in [0, 0.05) is 13.2 Å². The van der Waals surface area contributed by atoms with Crippen molar-refractivity contribution < 1.29 is 27.9 Å². The summed E-state index contributed by atoms with van der Waals surface area (Å²) in [5, 5.41) is 15.2. The Hall–Kier alpha value is -3.77. The molecule has 0 saturated heterocycles. The summed E-state index contributed by atoms with van der Waals surface area (Å²) in [6.07, 6.45) is 0.835. The van der Waals surface area contributed by atoms with Crippen molar-refractivity contribution in [2.45, 2.75) is 64.7 Å². The van der Waals surface area contributed by atoms with Crippen LogP contribution in [0.4, 0.5) is 30.4 Å². The molecule has 1 aliphatic heterocycles. The van der Waals surface area contributed by atoms with Crippen LogP contribution in [0.15, 0.2) is 60.8 Å². The quantitative estimate of drug-likeness (QED) is 0.145. The lowest BCUT2D eigenvalue weighted by molar-refractivity contribution is -0.143. The molecule has 44 heavy (non-hydrogen) atoms. The fraction of sp³-hybridized carbons (Fsp3) is 0.406. The molecule has 1 saturated carbocycles. The summed E-state index contributed by atoms with van der Waals surface area (Å²) >= 11 is 3.54. The first-order valence-electron chi connectivity index (χ1n) is 14.5. The van der Waals surface area contributed by atoms with E-state index in [1.807, 2.05) is 13.8 Å². The molecule has 2 aliphatic rings. The van der Waals surface area contributed by atoms with Gasteiger partial charge in [0.15, 0.2) is 0 Å². The number of pyridine rings is 1. The molecule has 12 heteroatoms. The van der Waals surface area contributed by atoms with Crippen LogP contribution in [0.5, 0.6) is 0 Å². The largest absolute Gasteiger partial charge is 0.481 e. The smallest absolute Gasteiger partial charge is 0.417 e. The standard InChI is InChI=1S/C22H26N2O2.C7H5F3N2O.C2H6.CH5NS/c1-14-23-20-13-17(11-12-21(20)24(14)2)15-7-9-16(10-8-15)18-5-3-4-6-19(18)22(25)26;8-7(9,10)5-1-2-6(11-3-5)12-4-13;1-2;1-2-3/h7-14,18-19,23H,3-6H2,1-2H3,(H,25,26);1-4H,(H,11,12,13);1-2H3;2-3H,1H3/t14?,18-,19?;;;/m0.../s1. The Morgan fingerprint density at radius 1 is 1.07 bits per heavy atom. The van der Waals surface area contributed by atoms with Crippen LogP contribution in [0.2, 0.25) is 0 Å². The summed E-state index contributed by atoms with van der Waals surface area (Å²) in [6.45, 7) is 6.15. The number of aromatic nitrogens is 1. The number of halogens is 3. The van der Waals surface area contributed by atoms with Gasteiger partial charge in [-0.1, -0.05) is 69.8 Å². The first-order valence-corrected chi connectivity index (χ1v) is 15.0. The molecule has 2 unspecified atom stereocenters. The zero-order valence-electron chi connectivity index (χ0n) is 25.7. The molecule has 8 nitrogen and oxygen atoms in total. The lowest BCUT2D eigenvalue weighted by Gasteiger charge is -2.29. The number of aliphatic carboxylic acids is 1. The number of carboxylic acids is 1. The van der Waals surface area contributed by atoms with E-state index >= 15 is 0 Å². The number of hydrogen-bond donors (Lipinski definition) is 5. The fourth-order valence-electron chi connectivity index (χ4n) is 5.12. The van der Waals surface area contributed by atoms with Gasteiger partial charge in [-0.05, 0) is 73.7 Å². The highest BCUT2D eigenvalue weighted by Crippen LogP contribution is 2.40. The summed E-state index contributed by atoms with van der Waals surface area (Å²) in [5.74, 6) is -0.660. The molecule has 1 fully saturated rings. The van der Waals surface area contributed by atoms with E-state index in [2.05, 4.69) is 94.5 Å². The number of carboxylic acid groups (broad SMARTS) is 1. The minimum absolute atomic E-state index is 0.0861. The van der Waals surface area contributed by atoms with E-state index in [1.165, 1.54) is 22.5 Å². The van der Waals surface area contributed by atoms with Crippen LogP contribution in [0.25, 0.3) is 11.1 Å². The Labute approximate surface area is 263 Å². The molecular weight excluding hydrogens is 591 g/mol. The van der Waals surface area contributed by atoms with E-state index in [9.17, 15) is 27.9 Å². The van der Waals surface area contributed by atoms with Gasteiger partial charge >= 0.3 is 12.1 Å². The van der Waals surface area contributed by atoms with Gasteiger partial charge in [0.05, 0.1) is 29.0 Å². The van der Waals surface area contributed by atoms with Crippen molar-refractivity contribution >= 4 is 42.4 Å². The maximum Gasteiger partial charge on any atom is 0.417 e. The number of anilines is 3. The van der Waals surface area contributed by atoms with Crippen LogP contribution in [0.3, 0.4) is 0 Å². The monoisotopic (exact) mass is 633 g/mol. The molecule has 3 aromatic rings. The molecule has 1 aliphatic carbocycles. The van der Waals surface area contributed by atoms with Crippen LogP contribution >= 0.6 is 12.8 Å². The molecule has 2 aromatic carbocycles. The minimum Gasteiger partial charge on any atom is -0.481 e. The molecule has 2 heterocycles. The van der Waals surface area contributed by atoms with Gasteiger partial charge < -0.3 is 20.6 Å². The molecule has 0 bridgehead atoms. The molecule has 240 valence electrons. The molecule has 4 N–H and O–H groups in total. The Morgan fingerprint density at radius 3 is 2.23 bits per heavy atom. The lowest BCUT2D eigenvalue weighted by atomic mass is 9.75. The zero-order chi connectivity index (χ0) is 32.9. The second-order valence-electron chi connectivity index (χ2n) is 10.0. The second kappa shape index (κ2) is 17.5. The van der Waals surface area contributed by atoms with Gasteiger partial charge in [0.1, 0.15) is 5.82 Å². The van der Waals surface area contributed by atoms with Crippen LogP contribution in [-0.2, 0) is 15.8 Å². The number of carbonyl (C=O) groups is 2. The first-order chi connectivity index (χ1) is 21.0. The van der Waals surface area contributed by atoms with Crippen molar-refractivity contribution in [3.8, 4) is 11.1 Å².